The molecule has 4 aliphatic heterocycles. The van der Waals surface area contributed by atoms with E-state index in [2.05, 4.69) is 15.1 Å². The lowest BCUT2D eigenvalue weighted by molar-refractivity contribution is -0.128. The van der Waals surface area contributed by atoms with Crippen molar-refractivity contribution in [1.29, 1.82) is 0 Å². The van der Waals surface area contributed by atoms with Gasteiger partial charge in [-0.3, -0.25) is 19.4 Å². The minimum absolute atomic E-state index is 0.0374. The van der Waals surface area contributed by atoms with Crippen LogP contribution in [-0.2, 0) is 9.59 Å². The molecule has 6 nitrogen and oxygen atoms in total. The zero-order valence-corrected chi connectivity index (χ0v) is 11.5. The summed E-state index contributed by atoms with van der Waals surface area (Å²) in [5, 5.41) is 3.03. The summed E-state index contributed by atoms with van der Waals surface area (Å²) in [6, 6.07) is 0.446. The van der Waals surface area contributed by atoms with E-state index in [0.29, 0.717) is 25.6 Å². The third-order valence-corrected chi connectivity index (χ3v) is 4.62. The van der Waals surface area contributed by atoms with Crippen molar-refractivity contribution in [1.82, 2.24) is 20.0 Å². The average molecular weight is 266 g/mol. The molecule has 2 unspecified atom stereocenters. The molecule has 1 N–H and O–H groups in total. The third-order valence-electron chi connectivity index (χ3n) is 4.62. The van der Waals surface area contributed by atoms with Crippen LogP contribution in [0.3, 0.4) is 0 Å². The van der Waals surface area contributed by atoms with Gasteiger partial charge in [0.1, 0.15) is 0 Å². The molecule has 4 fully saturated rings. The highest BCUT2D eigenvalue weighted by molar-refractivity contribution is 5.89. The van der Waals surface area contributed by atoms with Crippen molar-refractivity contribution in [3.05, 3.63) is 0 Å². The number of nitrogens with zero attached hydrogens (tertiary/aromatic N) is 3. The highest BCUT2D eigenvalue weighted by atomic mass is 16.2. The number of fused-ring (bicyclic) bond motifs is 3. The zero-order valence-electron chi connectivity index (χ0n) is 11.5. The normalized spacial score (nSPS) is 37.7. The molecule has 0 saturated carbocycles. The Morgan fingerprint density at radius 2 is 2.00 bits per heavy atom. The van der Waals surface area contributed by atoms with Crippen LogP contribution in [0.25, 0.3) is 0 Å². The first kappa shape index (κ1) is 12.9. The molecule has 0 radical (unpaired) electrons. The molecule has 0 aromatic carbocycles. The lowest BCUT2D eigenvalue weighted by atomic mass is 10.1. The van der Waals surface area contributed by atoms with Crippen LogP contribution in [0.15, 0.2) is 0 Å². The van der Waals surface area contributed by atoms with Gasteiger partial charge in [0.05, 0.1) is 5.92 Å². The second-order valence-electron chi connectivity index (χ2n) is 5.91. The molecule has 4 aliphatic rings. The predicted octanol–water partition coefficient (Wildman–Crippen LogP) is -1.42. The highest BCUT2D eigenvalue weighted by Gasteiger charge is 2.34. The van der Waals surface area contributed by atoms with Crippen LogP contribution in [0.1, 0.15) is 6.42 Å². The monoisotopic (exact) mass is 266 g/mol. The lowest BCUT2D eigenvalue weighted by Gasteiger charge is -2.47. The smallest absolute Gasteiger partial charge is 0.225 e. The van der Waals surface area contributed by atoms with Gasteiger partial charge in [-0.25, -0.2) is 0 Å². The Bertz CT molecular complexity index is 379. The first-order valence-corrected chi connectivity index (χ1v) is 7.11. The van der Waals surface area contributed by atoms with E-state index >= 15 is 0 Å². The molecule has 4 heterocycles. The Kier molecular flexibility index (Phi) is 3.45. The number of piperazine rings is 3. The summed E-state index contributed by atoms with van der Waals surface area (Å²) in [7, 11) is 1.76. The Hall–Kier alpha value is -1.14. The SMILES string of the molecule is CN1CC(C(=O)NCC2CN3CCN2CC3)CC1=O. The number of hydrogen-bond donors (Lipinski definition) is 1. The number of likely N-dealkylation sites (tertiary alicyclic amines) is 1. The summed E-state index contributed by atoms with van der Waals surface area (Å²) < 4.78 is 0. The van der Waals surface area contributed by atoms with Crippen LogP contribution < -0.4 is 5.32 Å². The van der Waals surface area contributed by atoms with Gasteiger partial charge in [0.2, 0.25) is 11.8 Å². The van der Waals surface area contributed by atoms with Crippen molar-refractivity contribution in [3.63, 3.8) is 0 Å². The van der Waals surface area contributed by atoms with E-state index in [1.54, 1.807) is 11.9 Å². The number of carbonyl (C=O) groups is 2. The molecule has 0 spiro atoms. The van der Waals surface area contributed by atoms with Crippen LogP contribution >= 0.6 is 0 Å². The number of carbonyl (C=O) groups excluding carboxylic acids is 2. The second kappa shape index (κ2) is 5.09. The Balaban J connectivity index is 1.47. The molecule has 106 valence electrons. The Morgan fingerprint density at radius 1 is 1.26 bits per heavy atom. The van der Waals surface area contributed by atoms with Gasteiger partial charge in [-0.15, -0.1) is 0 Å². The van der Waals surface area contributed by atoms with Crippen LogP contribution in [0.5, 0.6) is 0 Å². The van der Waals surface area contributed by atoms with Gasteiger partial charge in [-0.2, -0.15) is 0 Å². The van der Waals surface area contributed by atoms with Crippen molar-refractivity contribution in [2.75, 3.05) is 52.9 Å². The fourth-order valence-electron chi connectivity index (χ4n) is 3.32. The predicted molar refractivity (Wildman–Crippen MR) is 70.6 cm³/mol. The van der Waals surface area contributed by atoms with Crippen molar-refractivity contribution in [2.45, 2.75) is 12.5 Å². The van der Waals surface area contributed by atoms with E-state index in [-0.39, 0.29) is 17.7 Å². The summed E-state index contributed by atoms with van der Waals surface area (Å²) in [6.07, 6.45) is 0.364. The topological polar surface area (TPSA) is 55.9 Å². The molecule has 6 heteroatoms. The van der Waals surface area contributed by atoms with Crippen molar-refractivity contribution >= 4 is 11.8 Å². The quantitative estimate of drug-likeness (QED) is 0.681. The van der Waals surface area contributed by atoms with E-state index < -0.39 is 0 Å². The maximum Gasteiger partial charge on any atom is 0.225 e. The maximum absolute atomic E-state index is 12.1. The summed E-state index contributed by atoms with van der Waals surface area (Å²) in [5.74, 6) is -0.0457. The van der Waals surface area contributed by atoms with E-state index in [4.69, 9.17) is 0 Å². The first-order valence-electron chi connectivity index (χ1n) is 7.11. The number of amides is 2. The summed E-state index contributed by atoms with van der Waals surface area (Å²) in [5.41, 5.74) is 0. The average Bonchev–Trinajstić information content (AvgIpc) is 2.77. The van der Waals surface area contributed by atoms with Crippen LogP contribution in [-0.4, -0.2) is 85.4 Å². The number of nitrogens with one attached hydrogen (secondary N) is 1. The fraction of sp³-hybridized carbons (Fsp3) is 0.846. The molecule has 0 aliphatic carbocycles. The Morgan fingerprint density at radius 3 is 2.53 bits per heavy atom. The Labute approximate surface area is 113 Å². The van der Waals surface area contributed by atoms with E-state index in [1.165, 1.54) is 0 Å². The summed E-state index contributed by atoms with van der Waals surface area (Å²) >= 11 is 0. The molecule has 4 rings (SSSR count). The van der Waals surface area contributed by atoms with Gasteiger partial charge in [-0.05, 0) is 0 Å². The third kappa shape index (κ3) is 2.60. The number of hydrogen-bond acceptors (Lipinski definition) is 4. The summed E-state index contributed by atoms with van der Waals surface area (Å²) in [6.45, 7) is 6.88. The van der Waals surface area contributed by atoms with Gasteiger partial charge < -0.3 is 10.2 Å². The molecule has 2 atom stereocenters. The van der Waals surface area contributed by atoms with Gasteiger partial charge in [0.25, 0.3) is 0 Å². The van der Waals surface area contributed by atoms with Crippen molar-refractivity contribution < 1.29 is 9.59 Å². The highest BCUT2D eigenvalue weighted by Crippen LogP contribution is 2.17. The molecule has 2 bridgehead atoms. The van der Waals surface area contributed by atoms with Gasteiger partial charge in [0, 0.05) is 65.3 Å². The standard InChI is InChI=1S/C13H22N4O2/c1-15-8-10(6-12(15)18)13(19)14-7-11-9-16-2-4-17(11)5-3-16/h10-11H,2-9H2,1H3,(H,14,19). The number of rotatable bonds is 3. The minimum atomic E-state index is -0.159. The van der Waals surface area contributed by atoms with E-state index in [1.807, 2.05) is 0 Å². The van der Waals surface area contributed by atoms with E-state index in [0.717, 1.165) is 32.7 Å². The molecular formula is C13H22N4O2. The molecular weight excluding hydrogens is 244 g/mol. The first-order chi connectivity index (χ1) is 9.13. The fourth-order valence-corrected chi connectivity index (χ4v) is 3.32. The van der Waals surface area contributed by atoms with E-state index in [9.17, 15) is 9.59 Å². The largest absolute Gasteiger partial charge is 0.354 e. The van der Waals surface area contributed by atoms with Gasteiger partial charge >= 0.3 is 0 Å². The maximum atomic E-state index is 12.1. The van der Waals surface area contributed by atoms with Crippen molar-refractivity contribution in [3.8, 4) is 0 Å². The zero-order chi connectivity index (χ0) is 13.4. The van der Waals surface area contributed by atoms with Crippen molar-refractivity contribution in [2.24, 2.45) is 5.92 Å². The molecule has 0 aromatic rings. The summed E-state index contributed by atoms with van der Waals surface area (Å²) in [4.78, 5) is 30.1. The van der Waals surface area contributed by atoms with Gasteiger partial charge in [-0.1, -0.05) is 0 Å². The molecule has 0 aromatic heterocycles. The molecule has 19 heavy (non-hydrogen) atoms. The molecule has 2 amide bonds. The van der Waals surface area contributed by atoms with Crippen LogP contribution in [0, 0.1) is 5.92 Å². The molecule has 4 saturated heterocycles. The minimum Gasteiger partial charge on any atom is -0.354 e. The van der Waals surface area contributed by atoms with Crippen LogP contribution in [0.2, 0.25) is 0 Å². The van der Waals surface area contributed by atoms with Gasteiger partial charge in [0.15, 0.2) is 0 Å². The van der Waals surface area contributed by atoms with Crippen LogP contribution in [0.4, 0.5) is 0 Å². The lowest BCUT2D eigenvalue weighted by Crippen LogP contribution is -2.63. The second-order valence-corrected chi connectivity index (χ2v) is 5.91.